The molecular weight excluding hydrogens is 349 g/mol. The second kappa shape index (κ2) is 4.28. The van der Waals surface area contributed by atoms with Gasteiger partial charge >= 0.3 is 0 Å². The Morgan fingerprint density at radius 3 is 2.69 bits per heavy atom. The van der Waals surface area contributed by atoms with E-state index in [1.807, 2.05) is 0 Å². The summed E-state index contributed by atoms with van der Waals surface area (Å²) < 4.78 is 6.58. The van der Waals surface area contributed by atoms with Crippen LogP contribution in [0.15, 0.2) is 16.6 Å². The lowest BCUT2D eigenvalue weighted by Gasteiger charge is -2.06. The molecule has 3 nitrogen and oxygen atoms in total. The van der Waals surface area contributed by atoms with Crippen molar-refractivity contribution in [2.75, 3.05) is 7.11 Å². The van der Waals surface area contributed by atoms with E-state index in [1.54, 1.807) is 19.2 Å². The second-order valence-electron chi connectivity index (χ2n) is 2.33. The predicted octanol–water partition coefficient (Wildman–Crippen LogP) is 2.16. The fourth-order valence-corrected chi connectivity index (χ4v) is 2.08. The number of carbonyl (C=O) groups excluding carboxylic acids is 1. The maximum atomic E-state index is 10.9. The highest BCUT2D eigenvalue weighted by Crippen LogP contribution is 2.28. The highest BCUT2D eigenvalue weighted by Gasteiger charge is 2.10. The SMILES string of the molecule is COc1cc(Br)c(C(N)=O)cc1I. The van der Waals surface area contributed by atoms with Crippen molar-refractivity contribution in [1.29, 1.82) is 0 Å². The fourth-order valence-electron chi connectivity index (χ4n) is 0.874. The third-order valence-corrected chi connectivity index (χ3v) is 3.01. The van der Waals surface area contributed by atoms with Gasteiger partial charge < -0.3 is 10.5 Å². The highest BCUT2D eigenvalue weighted by molar-refractivity contribution is 14.1. The molecule has 0 fully saturated rings. The Morgan fingerprint density at radius 2 is 2.23 bits per heavy atom. The van der Waals surface area contributed by atoms with Crippen LogP contribution in [0.1, 0.15) is 10.4 Å². The maximum absolute atomic E-state index is 10.9. The van der Waals surface area contributed by atoms with Gasteiger partial charge in [-0.15, -0.1) is 0 Å². The molecular formula is C8H7BrINO2. The summed E-state index contributed by atoms with van der Waals surface area (Å²) in [5, 5.41) is 0. The molecule has 5 heteroatoms. The molecule has 0 heterocycles. The molecule has 0 aliphatic carbocycles. The summed E-state index contributed by atoms with van der Waals surface area (Å²) in [7, 11) is 1.58. The topological polar surface area (TPSA) is 52.3 Å². The minimum absolute atomic E-state index is 0.451. The van der Waals surface area contributed by atoms with Crippen LogP contribution in [0, 0.1) is 3.57 Å². The average molecular weight is 356 g/mol. The summed E-state index contributed by atoms with van der Waals surface area (Å²) in [6.07, 6.45) is 0. The van der Waals surface area contributed by atoms with Gasteiger partial charge in [-0.3, -0.25) is 4.79 Å². The van der Waals surface area contributed by atoms with Crippen LogP contribution in [-0.4, -0.2) is 13.0 Å². The zero-order valence-corrected chi connectivity index (χ0v) is 10.5. The first-order chi connectivity index (χ1) is 6.06. The molecule has 13 heavy (non-hydrogen) atoms. The number of amides is 1. The quantitative estimate of drug-likeness (QED) is 0.826. The summed E-state index contributed by atoms with van der Waals surface area (Å²) in [5.74, 6) is 0.268. The molecule has 0 atom stereocenters. The van der Waals surface area contributed by atoms with Gasteiger partial charge in [0.1, 0.15) is 5.75 Å². The second-order valence-corrected chi connectivity index (χ2v) is 4.35. The molecule has 2 N–H and O–H groups in total. The molecule has 1 aromatic carbocycles. The standard InChI is InChI=1S/C8H7BrINO2/c1-13-7-3-5(9)4(8(11)12)2-6(7)10/h2-3H,1H3,(H2,11,12). The minimum atomic E-state index is -0.451. The lowest BCUT2D eigenvalue weighted by Crippen LogP contribution is -2.12. The Kier molecular flexibility index (Phi) is 3.55. The monoisotopic (exact) mass is 355 g/mol. The van der Waals surface area contributed by atoms with Crippen molar-refractivity contribution in [3.8, 4) is 5.75 Å². The van der Waals surface area contributed by atoms with E-state index in [4.69, 9.17) is 10.5 Å². The Hall–Kier alpha value is -0.300. The van der Waals surface area contributed by atoms with E-state index >= 15 is 0 Å². The first kappa shape index (κ1) is 10.8. The molecule has 0 saturated carbocycles. The van der Waals surface area contributed by atoms with Gasteiger partial charge in [0.25, 0.3) is 0 Å². The molecule has 0 spiro atoms. The number of benzene rings is 1. The van der Waals surface area contributed by atoms with Gasteiger partial charge in [-0.2, -0.15) is 0 Å². The van der Waals surface area contributed by atoms with Gasteiger partial charge in [-0.25, -0.2) is 0 Å². The van der Waals surface area contributed by atoms with E-state index in [0.717, 1.165) is 9.32 Å². The summed E-state index contributed by atoms with van der Waals surface area (Å²) in [6, 6.07) is 3.41. The summed E-state index contributed by atoms with van der Waals surface area (Å²) >= 11 is 5.32. The molecule has 0 aliphatic heterocycles. The Bertz CT molecular complexity index is 354. The van der Waals surface area contributed by atoms with Crippen molar-refractivity contribution in [1.82, 2.24) is 0 Å². The zero-order valence-electron chi connectivity index (χ0n) is 6.80. The van der Waals surface area contributed by atoms with Gasteiger partial charge in [0.05, 0.1) is 16.2 Å². The maximum Gasteiger partial charge on any atom is 0.249 e. The third kappa shape index (κ3) is 2.34. The number of nitrogens with two attached hydrogens (primary N) is 1. The number of carbonyl (C=O) groups is 1. The molecule has 1 rings (SSSR count). The number of methoxy groups -OCH3 is 1. The average Bonchev–Trinajstić information content (AvgIpc) is 2.07. The number of hydrogen-bond acceptors (Lipinski definition) is 2. The molecule has 0 aromatic heterocycles. The van der Waals surface area contributed by atoms with Gasteiger partial charge in [0.2, 0.25) is 5.91 Å². The molecule has 0 saturated heterocycles. The number of halogens is 2. The predicted molar refractivity (Wildman–Crippen MR) is 61.9 cm³/mol. The lowest BCUT2D eigenvalue weighted by molar-refractivity contribution is 0.0999. The van der Waals surface area contributed by atoms with Crippen molar-refractivity contribution < 1.29 is 9.53 Å². The number of ether oxygens (including phenoxy) is 1. The van der Waals surface area contributed by atoms with Crippen molar-refractivity contribution in [2.45, 2.75) is 0 Å². The van der Waals surface area contributed by atoms with E-state index in [9.17, 15) is 4.79 Å². The number of hydrogen-bond donors (Lipinski definition) is 1. The Morgan fingerprint density at radius 1 is 1.62 bits per heavy atom. The summed E-state index contributed by atoms with van der Waals surface area (Å²) in [4.78, 5) is 10.9. The third-order valence-electron chi connectivity index (χ3n) is 1.51. The summed E-state index contributed by atoms with van der Waals surface area (Å²) in [6.45, 7) is 0. The molecule has 0 radical (unpaired) electrons. The van der Waals surface area contributed by atoms with E-state index < -0.39 is 5.91 Å². The van der Waals surface area contributed by atoms with Crippen molar-refractivity contribution in [3.05, 3.63) is 25.7 Å². The van der Waals surface area contributed by atoms with E-state index in [2.05, 4.69) is 38.5 Å². The van der Waals surface area contributed by atoms with Crippen molar-refractivity contribution >= 4 is 44.4 Å². The Labute approximate surface area is 97.9 Å². The van der Waals surface area contributed by atoms with E-state index in [-0.39, 0.29) is 0 Å². The highest BCUT2D eigenvalue weighted by atomic mass is 127. The van der Waals surface area contributed by atoms with Gasteiger partial charge in [0.15, 0.2) is 0 Å². The smallest absolute Gasteiger partial charge is 0.249 e. The molecule has 1 amide bonds. The van der Waals surface area contributed by atoms with Gasteiger partial charge in [-0.05, 0) is 50.7 Å². The van der Waals surface area contributed by atoms with Crippen LogP contribution in [0.25, 0.3) is 0 Å². The van der Waals surface area contributed by atoms with Crippen molar-refractivity contribution in [2.24, 2.45) is 5.73 Å². The molecule has 0 unspecified atom stereocenters. The van der Waals surface area contributed by atoms with Crippen LogP contribution in [-0.2, 0) is 0 Å². The molecule has 1 aromatic rings. The van der Waals surface area contributed by atoms with Crippen LogP contribution in [0.3, 0.4) is 0 Å². The van der Waals surface area contributed by atoms with Gasteiger partial charge in [-0.1, -0.05) is 0 Å². The minimum Gasteiger partial charge on any atom is -0.496 e. The number of rotatable bonds is 2. The molecule has 0 bridgehead atoms. The zero-order chi connectivity index (χ0) is 10.0. The van der Waals surface area contributed by atoms with Crippen LogP contribution < -0.4 is 10.5 Å². The van der Waals surface area contributed by atoms with E-state index in [0.29, 0.717) is 10.0 Å². The number of primary amides is 1. The van der Waals surface area contributed by atoms with Crippen LogP contribution >= 0.6 is 38.5 Å². The molecule has 0 aliphatic rings. The normalized spacial score (nSPS) is 9.77. The fraction of sp³-hybridized carbons (Fsp3) is 0.125. The first-order valence-corrected chi connectivity index (χ1v) is 5.26. The van der Waals surface area contributed by atoms with E-state index in [1.165, 1.54) is 0 Å². The Balaban J connectivity index is 3.28. The van der Waals surface area contributed by atoms with Crippen LogP contribution in [0.5, 0.6) is 5.75 Å². The lowest BCUT2D eigenvalue weighted by atomic mass is 10.2. The largest absolute Gasteiger partial charge is 0.496 e. The van der Waals surface area contributed by atoms with Crippen LogP contribution in [0.2, 0.25) is 0 Å². The van der Waals surface area contributed by atoms with Gasteiger partial charge in [0, 0.05) is 4.47 Å². The first-order valence-electron chi connectivity index (χ1n) is 3.39. The molecule has 70 valence electrons. The van der Waals surface area contributed by atoms with Crippen LogP contribution in [0.4, 0.5) is 0 Å². The van der Waals surface area contributed by atoms with Crippen molar-refractivity contribution in [3.63, 3.8) is 0 Å². The summed E-state index contributed by atoms with van der Waals surface area (Å²) in [5.41, 5.74) is 5.63.